The van der Waals surface area contributed by atoms with E-state index in [-0.39, 0.29) is 0 Å². The second-order valence-electron chi connectivity index (χ2n) is 9.17. The molecule has 1 aliphatic heterocycles. The molecule has 5 rings (SSSR count). The van der Waals surface area contributed by atoms with Crippen molar-refractivity contribution in [3.05, 3.63) is 42.1 Å². The molecule has 1 aliphatic carbocycles. The number of piperidine rings is 1. The molecule has 1 N–H and O–H groups in total. The zero-order chi connectivity index (χ0) is 24.6. The van der Waals surface area contributed by atoms with Crippen molar-refractivity contribution in [2.45, 2.75) is 37.8 Å². The molecule has 0 amide bonds. The molecule has 0 aromatic carbocycles. The summed E-state index contributed by atoms with van der Waals surface area (Å²) in [6.45, 7) is 1.96. The highest BCUT2D eigenvalue weighted by molar-refractivity contribution is 5.63. The highest BCUT2D eigenvalue weighted by Gasteiger charge is 2.35. The number of methoxy groups -OCH3 is 1. The molecule has 2 fully saturated rings. The van der Waals surface area contributed by atoms with Gasteiger partial charge in [-0.15, -0.1) is 0 Å². The van der Waals surface area contributed by atoms with E-state index in [1.165, 1.54) is 4.57 Å². The van der Waals surface area contributed by atoms with Gasteiger partial charge >= 0.3 is 6.18 Å². The Bertz CT molecular complexity index is 1180. The van der Waals surface area contributed by atoms with E-state index in [1.54, 1.807) is 26.6 Å². The average Bonchev–Trinajstić information content (AvgIpc) is 3.63. The molecule has 1 saturated heterocycles. The highest BCUT2D eigenvalue weighted by atomic mass is 19.4. The maximum Gasteiger partial charge on any atom is 0.434 e. The number of nitrogens with zero attached hydrogens (tertiary/aromatic N) is 6. The second kappa shape index (κ2) is 9.35. The fraction of sp³-hybridized carbons (Fsp3) is 0.500. The summed E-state index contributed by atoms with van der Waals surface area (Å²) in [5, 5.41) is 3.41. The van der Waals surface area contributed by atoms with E-state index in [1.807, 2.05) is 17.0 Å². The lowest BCUT2D eigenvalue weighted by atomic mass is 9.97. The molecule has 0 spiro atoms. The molecule has 35 heavy (non-hydrogen) atoms. The predicted molar refractivity (Wildman–Crippen MR) is 125 cm³/mol. The summed E-state index contributed by atoms with van der Waals surface area (Å²) < 4.78 is 45.9. The normalized spacial score (nSPS) is 17.0. The first kappa shape index (κ1) is 23.4. The van der Waals surface area contributed by atoms with E-state index >= 15 is 0 Å². The van der Waals surface area contributed by atoms with Crippen LogP contribution in [0.25, 0.3) is 11.4 Å². The quantitative estimate of drug-likeness (QED) is 0.525. The minimum absolute atomic E-state index is 0.345. The van der Waals surface area contributed by atoms with Crippen LogP contribution in [0.3, 0.4) is 0 Å². The van der Waals surface area contributed by atoms with Gasteiger partial charge in [-0.05, 0) is 43.7 Å². The Morgan fingerprint density at radius 3 is 2.54 bits per heavy atom. The molecule has 4 heterocycles. The molecule has 11 heteroatoms. The predicted octanol–water partition coefficient (Wildman–Crippen LogP) is 4.51. The lowest BCUT2D eigenvalue weighted by Crippen LogP contribution is -2.37. The van der Waals surface area contributed by atoms with Gasteiger partial charge in [0.2, 0.25) is 5.95 Å². The van der Waals surface area contributed by atoms with Crippen LogP contribution < -0.4 is 15.0 Å². The number of aryl methyl sites for hydroxylation is 1. The summed E-state index contributed by atoms with van der Waals surface area (Å²) in [4.78, 5) is 19.5. The molecular formula is C24H28F3N7O. The second-order valence-corrected chi connectivity index (χ2v) is 9.17. The summed E-state index contributed by atoms with van der Waals surface area (Å²) in [5.74, 6) is 2.99. The molecule has 8 nitrogen and oxygen atoms in total. The Balaban J connectivity index is 1.24. The Morgan fingerprint density at radius 1 is 1.11 bits per heavy atom. The standard InChI is InChI=1S/C24H28F3N7O/c1-33-14-19(24(25,26)27)31-23(33)34-10-7-15(8-11-34)12-29-22-18(35-2)13-30-21(32-22)17-4-3-9-28-20(17)16-5-6-16/h3-4,9,13-16H,5-8,10-12H2,1-2H3,(H,29,30,32). The van der Waals surface area contributed by atoms with Gasteiger partial charge in [-0.2, -0.15) is 13.2 Å². The van der Waals surface area contributed by atoms with Crippen molar-refractivity contribution in [3.63, 3.8) is 0 Å². The van der Waals surface area contributed by atoms with Crippen LogP contribution >= 0.6 is 0 Å². The first-order valence-corrected chi connectivity index (χ1v) is 11.8. The Kier molecular flexibility index (Phi) is 6.24. The van der Waals surface area contributed by atoms with Gasteiger partial charge in [0.25, 0.3) is 0 Å². The van der Waals surface area contributed by atoms with Crippen molar-refractivity contribution in [2.24, 2.45) is 13.0 Å². The topological polar surface area (TPSA) is 81.0 Å². The number of halogens is 3. The zero-order valence-corrected chi connectivity index (χ0v) is 19.7. The van der Waals surface area contributed by atoms with Gasteiger partial charge in [0.1, 0.15) is 0 Å². The van der Waals surface area contributed by atoms with E-state index in [2.05, 4.69) is 20.3 Å². The van der Waals surface area contributed by atoms with Crippen LogP contribution in [0.5, 0.6) is 5.75 Å². The van der Waals surface area contributed by atoms with Gasteiger partial charge in [-0.25, -0.2) is 15.0 Å². The Labute approximate surface area is 201 Å². The minimum Gasteiger partial charge on any atom is -0.491 e. The van der Waals surface area contributed by atoms with Crippen LogP contribution in [0.2, 0.25) is 0 Å². The molecule has 2 aliphatic rings. The fourth-order valence-corrected chi connectivity index (χ4v) is 4.53. The molecule has 0 unspecified atom stereocenters. The summed E-state index contributed by atoms with van der Waals surface area (Å²) in [5.41, 5.74) is 1.13. The first-order chi connectivity index (χ1) is 16.8. The van der Waals surface area contributed by atoms with E-state index in [0.29, 0.717) is 54.8 Å². The van der Waals surface area contributed by atoms with Crippen molar-refractivity contribution in [1.29, 1.82) is 0 Å². The van der Waals surface area contributed by atoms with E-state index < -0.39 is 11.9 Å². The highest BCUT2D eigenvalue weighted by Crippen LogP contribution is 2.42. The number of hydrogen-bond donors (Lipinski definition) is 1. The third-order valence-electron chi connectivity index (χ3n) is 6.62. The van der Waals surface area contributed by atoms with Crippen LogP contribution in [0.4, 0.5) is 24.9 Å². The lowest BCUT2D eigenvalue weighted by molar-refractivity contribution is -0.140. The number of aromatic nitrogens is 5. The van der Waals surface area contributed by atoms with Crippen LogP contribution in [-0.2, 0) is 13.2 Å². The fourth-order valence-electron chi connectivity index (χ4n) is 4.53. The van der Waals surface area contributed by atoms with Crippen molar-refractivity contribution in [2.75, 3.05) is 37.0 Å². The van der Waals surface area contributed by atoms with Crippen molar-refractivity contribution in [3.8, 4) is 17.1 Å². The number of rotatable bonds is 7. The van der Waals surface area contributed by atoms with Gasteiger partial charge in [-0.1, -0.05) is 0 Å². The summed E-state index contributed by atoms with van der Waals surface area (Å²) in [7, 11) is 3.19. The molecule has 3 aromatic rings. The van der Waals surface area contributed by atoms with Crippen LogP contribution in [0.1, 0.15) is 43.0 Å². The van der Waals surface area contributed by atoms with E-state index in [4.69, 9.17) is 9.72 Å². The first-order valence-electron chi connectivity index (χ1n) is 11.8. The molecule has 0 radical (unpaired) electrons. The monoisotopic (exact) mass is 487 g/mol. The van der Waals surface area contributed by atoms with E-state index in [0.717, 1.165) is 43.1 Å². The third kappa shape index (κ3) is 5.03. The summed E-state index contributed by atoms with van der Waals surface area (Å²) >= 11 is 0. The number of imidazole rings is 1. The lowest BCUT2D eigenvalue weighted by Gasteiger charge is -2.32. The van der Waals surface area contributed by atoms with Crippen molar-refractivity contribution >= 4 is 11.8 Å². The molecular weight excluding hydrogens is 459 g/mol. The average molecular weight is 488 g/mol. The Hall–Kier alpha value is -3.37. The van der Waals surface area contributed by atoms with Gasteiger partial charge in [-0.3, -0.25) is 4.98 Å². The maximum atomic E-state index is 13.0. The number of pyridine rings is 1. The van der Waals surface area contributed by atoms with Gasteiger partial charge < -0.3 is 19.5 Å². The number of nitrogens with one attached hydrogen (secondary N) is 1. The third-order valence-corrected chi connectivity index (χ3v) is 6.62. The SMILES string of the molecule is COc1cnc(-c2cccnc2C2CC2)nc1NCC1CCN(c2nc(C(F)(F)F)cn2C)CC1. The molecule has 186 valence electrons. The van der Waals surface area contributed by atoms with E-state index in [9.17, 15) is 13.2 Å². The van der Waals surface area contributed by atoms with Crippen molar-refractivity contribution in [1.82, 2.24) is 24.5 Å². The van der Waals surface area contributed by atoms with Crippen LogP contribution in [-0.4, -0.2) is 51.2 Å². The molecule has 0 atom stereocenters. The number of alkyl halides is 3. The summed E-state index contributed by atoms with van der Waals surface area (Å²) in [6.07, 6.45) is 4.02. The molecule has 3 aromatic heterocycles. The summed E-state index contributed by atoms with van der Waals surface area (Å²) in [6, 6.07) is 3.90. The smallest absolute Gasteiger partial charge is 0.434 e. The molecule has 1 saturated carbocycles. The largest absolute Gasteiger partial charge is 0.491 e. The zero-order valence-electron chi connectivity index (χ0n) is 19.7. The van der Waals surface area contributed by atoms with Gasteiger partial charge in [0.15, 0.2) is 23.1 Å². The number of ether oxygens (including phenoxy) is 1. The van der Waals surface area contributed by atoms with Crippen LogP contribution in [0, 0.1) is 5.92 Å². The Morgan fingerprint density at radius 2 is 1.89 bits per heavy atom. The molecule has 0 bridgehead atoms. The van der Waals surface area contributed by atoms with Gasteiger partial charge in [0, 0.05) is 50.6 Å². The maximum absolute atomic E-state index is 13.0. The van der Waals surface area contributed by atoms with Gasteiger partial charge in [0.05, 0.1) is 19.0 Å². The number of hydrogen-bond acceptors (Lipinski definition) is 7. The number of anilines is 2. The van der Waals surface area contributed by atoms with Crippen LogP contribution in [0.15, 0.2) is 30.7 Å². The van der Waals surface area contributed by atoms with Crippen molar-refractivity contribution < 1.29 is 17.9 Å². The minimum atomic E-state index is -4.44.